The summed E-state index contributed by atoms with van der Waals surface area (Å²) in [5.74, 6) is 1.42. The predicted molar refractivity (Wildman–Crippen MR) is 106 cm³/mol. The van der Waals surface area contributed by atoms with Crippen LogP contribution in [0.5, 0.6) is 5.75 Å². The van der Waals surface area contributed by atoms with Gasteiger partial charge in [-0.25, -0.2) is 14.4 Å². The molecule has 0 amide bonds. The molecular weight excluding hydrogens is 364 g/mol. The third kappa shape index (κ3) is 3.85. The molecule has 0 spiro atoms. The van der Waals surface area contributed by atoms with Crippen molar-refractivity contribution >= 4 is 27.9 Å². The Morgan fingerprint density at radius 3 is 2.78 bits per heavy atom. The van der Waals surface area contributed by atoms with Crippen LogP contribution in [-0.4, -0.2) is 34.3 Å². The number of hydrogen-bond acceptors (Lipinski definition) is 7. The molecule has 3 rings (SSSR count). The van der Waals surface area contributed by atoms with E-state index in [9.17, 15) is 9.59 Å². The number of aromatic nitrogens is 3. The van der Waals surface area contributed by atoms with Crippen LogP contribution < -0.4 is 15.2 Å². The summed E-state index contributed by atoms with van der Waals surface area (Å²) < 4.78 is 6.56. The first-order valence-corrected chi connectivity index (χ1v) is 9.52. The highest BCUT2D eigenvalue weighted by Gasteiger charge is 2.19. The van der Waals surface area contributed by atoms with Gasteiger partial charge in [0.2, 0.25) is 0 Å². The molecule has 3 heterocycles. The number of anilines is 1. The first-order chi connectivity index (χ1) is 12.9. The van der Waals surface area contributed by atoms with Gasteiger partial charge in [0, 0.05) is 24.4 Å². The van der Waals surface area contributed by atoms with Gasteiger partial charge in [0.25, 0.3) is 5.56 Å². The van der Waals surface area contributed by atoms with E-state index in [1.807, 2.05) is 37.9 Å². The Labute approximate surface area is 161 Å². The highest BCUT2D eigenvalue weighted by atomic mass is 32.1. The minimum absolute atomic E-state index is 0.0162. The molecule has 3 aromatic rings. The van der Waals surface area contributed by atoms with Crippen molar-refractivity contribution in [2.75, 3.05) is 19.1 Å². The summed E-state index contributed by atoms with van der Waals surface area (Å²) in [5.41, 5.74) is 0.872. The van der Waals surface area contributed by atoms with Gasteiger partial charge < -0.3 is 9.64 Å². The Morgan fingerprint density at radius 1 is 1.37 bits per heavy atom. The van der Waals surface area contributed by atoms with Crippen LogP contribution in [0.15, 0.2) is 29.2 Å². The molecule has 0 bridgehead atoms. The first kappa shape index (κ1) is 19.0. The average Bonchev–Trinajstić information content (AvgIpc) is 2.98. The van der Waals surface area contributed by atoms with Crippen LogP contribution in [0.1, 0.15) is 40.8 Å². The average molecular weight is 386 g/mol. The number of carbonyl (C=O) groups is 1. The minimum Gasteiger partial charge on any atom is -0.495 e. The van der Waals surface area contributed by atoms with Crippen molar-refractivity contribution in [1.29, 1.82) is 0 Å². The van der Waals surface area contributed by atoms with Crippen molar-refractivity contribution in [1.82, 2.24) is 14.4 Å². The second-order valence-electron chi connectivity index (χ2n) is 6.30. The summed E-state index contributed by atoms with van der Waals surface area (Å²) in [5, 5.41) is 0. The standard InChI is InChI=1S/C19H22N4O3S/c1-5-6-15(24)18-12(2)27-19-21-13(9-17(25)23(18)19)11-22(3)16-8-7-14(26-4)10-20-16/h7-10H,5-6,11H2,1-4H3. The molecule has 0 N–H and O–H groups in total. The van der Waals surface area contributed by atoms with Crippen molar-refractivity contribution in [3.63, 3.8) is 0 Å². The minimum atomic E-state index is -0.227. The number of carbonyl (C=O) groups excluding carboxylic acids is 1. The number of ketones is 1. The fourth-order valence-electron chi connectivity index (χ4n) is 2.91. The highest BCUT2D eigenvalue weighted by molar-refractivity contribution is 7.17. The van der Waals surface area contributed by atoms with Crippen molar-refractivity contribution in [2.24, 2.45) is 0 Å². The molecular formula is C19H22N4O3S. The third-order valence-electron chi connectivity index (χ3n) is 4.23. The summed E-state index contributed by atoms with van der Waals surface area (Å²) >= 11 is 1.37. The lowest BCUT2D eigenvalue weighted by Gasteiger charge is -2.17. The van der Waals surface area contributed by atoms with Crippen LogP contribution in [0.3, 0.4) is 0 Å². The van der Waals surface area contributed by atoms with Gasteiger partial charge in [-0.3, -0.25) is 9.59 Å². The molecule has 0 saturated heterocycles. The zero-order valence-electron chi connectivity index (χ0n) is 15.9. The molecule has 0 aliphatic carbocycles. The molecule has 0 fully saturated rings. The number of Topliss-reactive ketones (excluding diaryl/α,β-unsaturated/α-hetero) is 1. The molecule has 0 aliphatic heterocycles. The van der Waals surface area contributed by atoms with E-state index in [1.165, 1.54) is 21.8 Å². The molecule has 3 aromatic heterocycles. The molecule has 8 heteroatoms. The second kappa shape index (κ2) is 7.87. The largest absolute Gasteiger partial charge is 0.495 e. The number of fused-ring (bicyclic) bond motifs is 1. The van der Waals surface area contributed by atoms with Crippen molar-refractivity contribution in [3.8, 4) is 5.75 Å². The van der Waals surface area contributed by atoms with E-state index >= 15 is 0 Å². The van der Waals surface area contributed by atoms with Gasteiger partial charge in [0.1, 0.15) is 17.3 Å². The molecule has 0 atom stereocenters. The quantitative estimate of drug-likeness (QED) is 0.581. The van der Waals surface area contributed by atoms with Crippen LogP contribution in [0.25, 0.3) is 4.96 Å². The summed E-state index contributed by atoms with van der Waals surface area (Å²) in [7, 11) is 3.48. The van der Waals surface area contributed by atoms with E-state index in [2.05, 4.69) is 9.97 Å². The number of ether oxygens (including phenoxy) is 1. The summed E-state index contributed by atoms with van der Waals surface area (Å²) in [6.07, 6.45) is 2.81. The number of rotatable bonds is 7. The van der Waals surface area contributed by atoms with Crippen molar-refractivity contribution in [3.05, 3.63) is 51.0 Å². The predicted octanol–water partition coefficient (Wildman–Crippen LogP) is 3.09. The summed E-state index contributed by atoms with van der Waals surface area (Å²) in [4.78, 5) is 37.3. The van der Waals surface area contributed by atoms with Gasteiger partial charge >= 0.3 is 0 Å². The van der Waals surface area contributed by atoms with Gasteiger partial charge in [0.05, 0.1) is 25.5 Å². The van der Waals surface area contributed by atoms with Crippen LogP contribution in [0, 0.1) is 6.92 Å². The third-order valence-corrected chi connectivity index (χ3v) is 5.19. The molecule has 0 radical (unpaired) electrons. The van der Waals surface area contributed by atoms with E-state index in [0.717, 1.165) is 17.1 Å². The van der Waals surface area contributed by atoms with E-state index in [-0.39, 0.29) is 11.3 Å². The van der Waals surface area contributed by atoms with Crippen LogP contribution >= 0.6 is 11.3 Å². The molecule has 7 nitrogen and oxygen atoms in total. The monoisotopic (exact) mass is 386 g/mol. The number of aryl methyl sites for hydroxylation is 1. The number of nitrogens with zero attached hydrogens (tertiary/aromatic N) is 4. The maximum Gasteiger partial charge on any atom is 0.259 e. The van der Waals surface area contributed by atoms with Gasteiger partial charge in [-0.15, -0.1) is 11.3 Å². The molecule has 0 saturated carbocycles. The molecule has 0 unspecified atom stereocenters. The smallest absolute Gasteiger partial charge is 0.259 e. The zero-order chi connectivity index (χ0) is 19.6. The second-order valence-corrected chi connectivity index (χ2v) is 7.48. The van der Waals surface area contributed by atoms with Crippen LogP contribution in [-0.2, 0) is 6.54 Å². The fourth-order valence-corrected chi connectivity index (χ4v) is 3.93. The van der Waals surface area contributed by atoms with Gasteiger partial charge in [-0.2, -0.15) is 0 Å². The number of thiazole rings is 1. The lowest BCUT2D eigenvalue weighted by Crippen LogP contribution is -2.23. The normalized spacial score (nSPS) is 11.0. The Balaban J connectivity index is 1.92. The Bertz CT molecular complexity index is 1020. The Hall–Kier alpha value is -2.74. The summed E-state index contributed by atoms with van der Waals surface area (Å²) in [6.45, 7) is 4.24. The maximum atomic E-state index is 12.7. The first-order valence-electron chi connectivity index (χ1n) is 8.71. The van der Waals surface area contributed by atoms with Crippen molar-refractivity contribution < 1.29 is 9.53 Å². The number of methoxy groups -OCH3 is 1. The fraction of sp³-hybridized carbons (Fsp3) is 0.368. The number of hydrogen-bond donors (Lipinski definition) is 0. The van der Waals surface area contributed by atoms with Crippen LogP contribution in [0.4, 0.5) is 5.82 Å². The van der Waals surface area contributed by atoms with E-state index in [4.69, 9.17) is 4.74 Å². The van der Waals surface area contributed by atoms with Crippen molar-refractivity contribution in [2.45, 2.75) is 33.2 Å². The highest BCUT2D eigenvalue weighted by Crippen LogP contribution is 2.22. The Kier molecular flexibility index (Phi) is 5.55. The van der Waals surface area contributed by atoms with E-state index < -0.39 is 0 Å². The lowest BCUT2D eigenvalue weighted by atomic mass is 10.1. The zero-order valence-corrected chi connectivity index (χ0v) is 16.7. The van der Waals surface area contributed by atoms with E-state index in [1.54, 1.807) is 13.3 Å². The maximum absolute atomic E-state index is 12.7. The van der Waals surface area contributed by atoms with Gasteiger partial charge in [0.15, 0.2) is 10.7 Å². The number of pyridine rings is 1. The van der Waals surface area contributed by atoms with Gasteiger partial charge in [-0.1, -0.05) is 6.92 Å². The molecule has 27 heavy (non-hydrogen) atoms. The molecule has 0 aromatic carbocycles. The molecule has 0 aliphatic rings. The molecule has 142 valence electrons. The van der Waals surface area contributed by atoms with Gasteiger partial charge in [-0.05, 0) is 25.5 Å². The topological polar surface area (TPSA) is 76.8 Å². The SMILES string of the molecule is CCCC(=O)c1c(C)sc2nc(CN(C)c3ccc(OC)cn3)cc(=O)n12. The Morgan fingerprint density at radius 2 is 2.15 bits per heavy atom. The van der Waals surface area contributed by atoms with Crippen LogP contribution in [0.2, 0.25) is 0 Å². The summed E-state index contributed by atoms with van der Waals surface area (Å²) in [6, 6.07) is 5.17. The lowest BCUT2D eigenvalue weighted by molar-refractivity contribution is 0.0975. The van der Waals surface area contributed by atoms with E-state index in [0.29, 0.717) is 35.1 Å².